The van der Waals surface area contributed by atoms with E-state index in [-0.39, 0.29) is 48.7 Å². The largest absolute Gasteiger partial charge is 0.380 e. The molecule has 2 aliphatic rings. The summed E-state index contributed by atoms with van der Waals surface area (Å²) >= 11 is 0. The molecule has 1 unspecified atom stereocenters. The van der Waals surface area contributed by atoms with Crippen molar-refractivity contribution in [1.82, 2.24) is 10.6 Å². The Balaban J connectivity index is 1.35. The van der Waals surface area contributed by atoms with Crippen molar-refractivity contribution in [3.63, 3.8) is 0 Å². The summed E-state index contributed by atoms with van der Waals surface area (Å²) < 4.78 is 33.3. The lowest BCUT2D eigenvalue weighted by atomic mass is 9.77. The second-order valence-electron chi connectivity index (χ2n) is 9.70. The smallest absolute Gasteiger partial charge is 0.272 e. The molecule has 0 spiro atoms. The molecule has 0 aromatic heterocycles. The van der Waals surface area contributed by atoms with Crippen LogP contribution in [0.4, 0.5) is 20.2 Å². The Morgan fingerprint density at radius 2 is 1.92 bits per heavy atom. The lowest BCUT2D eigenvalue weighted by Gasteiger charge is -2.29. The van der Waals surface area contributed by atoms with Gasteiger partial charge in [0.05, 0.1) is 12.0 Å². The van der Waals surface area contributed by atoms with Crippen LogP contribution in [-0.2, 0) is 31.6 Å². The van der Waals surface area contributed by atoms with E-state index in [1.807, 2.05) is 12.1 Å². The van der Waals surface area contributed by atoms with Crippen LogP contribution in [0.15, 0.2) is 48.5 Å². The number of halogens is 2. The van der Waals surface area contributed by atoms with E-state index in [2.05, 4.69) is 16.0 Å². The van der Waals surface area contributed by atoms with Crippen LogP contribution in [0.3, 0.4) is 0 Å². The molecule has 7 nitrogen and oxygen atoms in total. The Morgan fingerprint density at radius 3 is 2.56 bits per heavy atom. The second-order valence-corrected chi connectivity index (χ2v) is 9.70. The molecule has 2 saturated heterocycles. The molecular weight excluding hydrogens is 468 g/mol. The van der Waals surface area contributed by atoms with Gasteiger partial charge in [-0.3, -0.25) is 14.4 Å². The minimum Gasteiger partial charge on any atom is -0.380 e. The normalized spacial score (nSPS) is 22.1. The maximum Gasteiger partial charge on any atom is 0.272 e. The Hall–Kier alpha value is -3.33. The molecular formula is C27H31F2N3O4. The molecule has 0 bridgehead atoms. The number of rotatable bonds is 9. The fourth-order valence-corrected chi connectivity index (χ4v) is 4.70. The predicted molar refractivity (Wildman–Crippen MR) is 131 cm³/mol. The van der Waals surface area contributed by atoms with E-state index in [1.165, 1.54) is 6.07 Å². The van der Waals surface area contributed by atoms with Gasteiger partial charge >= 0.3 is 0 Å². The van der Waals surface area contributed by atoms with Crippen LogP contribution in [0.25, 0.3) is 0 Å². The minimum absolute atomic E-state index is 0.0241. The number of para-hydroxylation sites is 1. The third-order valence-corrected chi connectivity index (χ3v) is 6.90. The van der Waals surface area contributed by atoms with Gasteiger partial charge in [-0.25, -0.2) is 8.78 Å². The highest BCUT2D eigenvalue weighted by molar-refractivity contribution is 5.92. The van der Waals surface area contributed by atoms with E-state index >= 15 is 0 Å². The van der Waals surface area contributed by atoms with Crippen LogP contribution in [0.5, 0.6) is 0 Å². The molecule has 0 aliphatic carbocycles. The quantitative estimate of drug-likeness (QED) is 0.484. The number of hydrogen-bond donors (Lipinski definition) is 3. The number of benzene rings is 2. The highest BCUT2D eigenvalue weighted by atomic mass is 19.3. The van der Waals surface area contributed by atoms with Gasteiger partial charge in [0.2, 0.25) is 11.8 Å². The summed E-state index contributed by atoms with van der Waals surface area (Å²) in [6, 6.07) is 13.4. The van der Waals surface area contributed by atoms with E-state index in [0.717, 1.165) is 12.5 Å². The van der Waals surface area contributed by atoms with E-state index in [4.69, 9.17) is 4.74 Å². The average molecular weight is 500 g/mol. The summed E-state index contributed by atoms with van der Waals surface area (Å²) in [4.78, 5) is 37.4. The van der Waals surface area contributed by atoms with E-state index in [1.54, 1.807) is 30.3 Å². The van der Waals surface area contributed by atoms with Crippen LogP contribution in [-0.4, -0.2) is 37.4 Å². The first-order chi connectivity index (χ1) is 17.2. The minimum atomic E-state index is -2.97. The van der Waals surface area contributed by atoms with Gasteiger partial charge < -0.3 is 20.7 Å². The van der Waals surface area contributed by atoms with Crippen molar-refractivity contribution in [2.45, 2.75) is 45.1 Å². The number of Topliss-reactive ketones (excluding diaryl/α,β-unsaturated/α-hetero) is 1. The summed E-state index contributed by atoms with van der Waals surface area (Å²) in [7, 11) is 0. The van der Waals surface area contributed by atoms with Crippen LogP contribution >= 0.6 is 0 Å². The SMILES string of the molecule is CC(F)(F)c1ccccc1Nc1ccc(CNC(=O)[C@]2(CC(=O)C3CCC(=O)NC3)CCOC2)cc1. The molecule has 2 atom stereocenters. The predicted octanol–water partition coefficient (Wildman–Crippen LogP) is 4.05. The zero-order chi connectivity index (χ0) is 25.8. The van der Waals surface area contributed by atoms with Gasteiger partial charge in [-0.2, -0.15) is 0 Å². The summed E-state index contributed by atoms with van der Waals surface area (Å²) in [5.41, 5.74) is 0.813. The maximum absolute atomic E-state index is 13.9. The van der Waals surface area contributed by atoms with Crippen LogP contribution < -0.4 is 16.0 Å². The number of carbonyl (C=O) groups excluding carboxylic acids is 3. The van der Waals surface area contributed by atoms with E-state index in [9.17, 15) is 23.2 Å². The van der Waals surface area contributed by atoms with Crippen molar-refractivity contribution in [1.29, 1.82) is 0 Å². The van der Waals surface area contributed by atoms with E-state index in [0.29, 0.717) is 43.8 Å². The summed E-state index contributed by atoms with van der Waals surface area (Å²) in [5.74, 6) is -3.55. The molecule has 9 heteroatoms. The highest BCUT2D eigenvalue weighted by Gasteiger charge is 2.45. The fraction of sp³-hybridized carbons (Fsp3) is 0.444. The summed E-state index contributed by atoms with van der Waals surface area (Å²) in [6.07, 6.45) is 1.38. The molecule has 2 amide bonds. The van der Waals surface area contributed by atoms with Gasteiger partial charge in [0.25, 0.3) is 5.92 Å². The Morgan fingerprint density at radius 1 is 1.17 bits per heavy atom. The molecule has 4 rings (SSSR count). The molecule has 3 N–H and O–H groups in total. The first-order valence-electron chi connectivity index (χ1n) is 12.2. The topological polar surface area (TPSA) is 96.5 Å². The number of nitrogens with one attached hydrogen (secondary N) is 3. The lowest BCUT2D eigenvalue weighted by Crippen LogP contribution is -2.45. The van der Waals surface area contributed by atoms with Gasteiger partial charge in [0, 0.05) is 62.3 Å². The fourth-order valence-electron chi connectivity index (χ4n) is 4.70. The first kappa shape index (κ1) is 25.8. The Labute approximate surface area is 209 Å². The number of hydrogen-bond acceptors (Lipinski definition) is 5. The van der Waals surface area contributed by atoms with Gasteiger partial charge in [0.1, 0.15) is 5.78 Å². The molecule has 0 radical (unpaired) electrons. The molecule has 2 heterocycles. The zero-order valence-electron chi connectivity index (χ0n) is 20.2. The van der Waals surface area contributed by atoms with E-state index < -0.39 is 11.3 Å². The number of ether oxygens (including phenoxy) is 1. The van der Waals surface area contributed by atoms with Crippen molar-refractivity contribution in [3.8, 4) is 0 Å². The third kappa shape index (κ3) is 6.07. The first-order valence-corrected chi connectivity index (χ1v) is 12.2. The molecule has 36 heavy (non-hydrogen) atoms. The van der Waals surface area contributed by atoms with Gasteiger partial charge in [-0.05, 0) is 36.6 Å². The molecule has 2 aromatic carbocycles. The van der Waals surface area contributed by atoms with Crippen LogP contribution in [0.2, 0.25) is 0 Å². The van der Waals surface area contributed by atoms with Gasteiger partial charge in [-0.15, -0.1) is 0 Å². The molecule has 192 valence electrons. The second kappa shape index (κ2) is 10.7. The molecule has 2 aromatic rings. The van der Waals surface area contributed by atoms with Crippen molar-refractivity contribution in [2.75, 3.05) is 25.1 Å². The van der Waals surface area contributed by atoms with Crippen molar-refractivity contribution >= 4 is 29.0 Å². The standard InChI is InChI=1S/C27H31F2N3O4/c1-26(28,29)21-4-2-3-5-22(21)32-20-9-6-18(7-10-20)15-31-25(35)27(12-13-36-17-27)14-23(33)19-8-11-24(34)30-16-19/h2-7,9-10,19,32H,8,11-17H2,1H3,(H,30,34)(H,31,35)/t19?,27-/m0/s1. The summed E-state index contributed by atoms with van der Waals surface area (Å²) in [5, 5.41) is 8.69. The summed E-state index contributed by atoms with van der Waals surface area (Å²) in [6.45, 7) is 2.05. The average Bonchev–Trinajstić information content (AvgIpc) is 3.33. The van der Waals surface area contributed by atoms with Gasteiger partial charge in [-0.1, -0.05) is 30.3 Å². The lowest BCUT2D eigenvalue weighted by molar-refractivity contribution is -0.138. The number of anilines is 2. The third-order valence-electron chi connectivity index (χ3n) is 6.90. The number of ketones is 1. The van der Waals surface area contributed by atoms with Crippen molar-refractivity contribution < 1.29 is 27.9 Å². The number of piperidine rings is 1. The van der Waals surface area contributed by atoms with Gasteiger partial charge in [0.15, 0.2) is 0 Å². The number of carbonyl (C=O) groups is 3. The molecule has 2 aliphatic heterocycles. The monoisotopic (exact) mass is 499 g/mol. The number of alkyl halides is 2. The Bertz CT molecular complexity index is 1100. The Kier molecular flexibility index (Phi) is 7.68. The molecule has 2 fully saturated rings. The highest BCUT2D eigenvalue weighted by Crippen LogP contribution is 2.36. The maximum atomic E-state index is 13.9. The number of amides is 2. The van der Waals surface area contributed by atoms with Crippen LogP contribution in [0, 0.1) is 11.3 Å². The van der Waals surface area contributed by atoms with Crippen LogP contribution in [0.1, 0.15) is 43.7 Å². The van der Waals surface area contributed by atoms with Crippen molar-refractivity contribution in [3.05, 3.63) is 59.7 Å². The van der Waals surface area contributed by atoms with Crippen molar-refractivity contribution in [2.24, 2.45) is 11.3 Å². The zero-order valence-corrected chi connectivity index (χ0v) is 20.2. The molecule has 0 saturated carbocycles.